The van der Waals surface area contributed by atoms with Gasteiger partial charge in [0.25, 0.3) is 0 Å². The third-order valence-electron chi connectivity index (χ3n) is 5.50. The monoisotopic (exact) mass is 357 g/mol. The Kier molecular flexibility index (Phi) is 4.62. The summed E-state index contributed by atoms with van der Waals surface area (Å²) in [5.74, 6) is -0.223. The molecule has 0 aromatic heterocycles. The summed E-state index contributed by atoms with van der Waals surface area (Å²) in [5, 5.41) is 11.8. The number of carbonyl (C=O) groups excluding carboxylic acids is 1. The van der Waals surface area contributed by atoms with Gasteiger partial charge in [-0.25, -0.2) is 0 Å². The first-order chi connectivity index (χ1) is 10.9. The van der Waals surface area contributed by atoms with Gasteiger partial charge in [-0.1, -0.05) is 49.0 Å². The Hall–Kier alpha value is -0.810. The minimum Gasteiger partial charge on any atom is -0.388 e. The summed E-state index contributed by atoms with van der Waals surface area (Å²) < 4.78 is 5.85. The number of primary amides is 1. The van der Waals surface area contributed by atoms with Crippen molar-refractivity contribution in [2.24, 2.45) is 17.1 Å². The molecule has 0 heterocycles. The Morgan fingerprint density at radius 3 is 2.65 bits per heavy atom. The summed E-state index contributed by atoms with van der Waals surface area (Å²) in [6, 6.07) is 3.54. The van der Waals surface area contributed by atoms with Gasteiger partial charge < -0.3 is 15.6 Å². The number of aliphatic hydroxyl groups is 1. The molecular weight excluding hydrogens is 337 g/mol. The summed E-state index contributed by atoms with van der Waals surface area (Å²) in [6.07, 6.45) is 3.15. The van der Waals surface area contributed by atoms with Gasteiger partial charge in [-0.15, -0.1) is 0 Å². The van der Waals surface area contributed by atoms with Crippen LogP contribution in [0.3, 0.4) is 0 Å². The summed E-state index contributed by atoms with van der Waals surface area (Å²) in [6.45, 7) is 1.84. The highest BCUT2D eigenvalue weighted by Crippen LogP contribution is 2.63. The van der Waals surface area contributed by atoms with Gasteiger partial charge in [0.05, 0.1) is 22.3 Å². The van der Waals surface area contributed by atoms with Gasteiger partial charge in [-0.3, -0.25) is 4.79 Å². The number of carbonyl (C=O) groups is 1. The highest BCUT2D eigenvalue weighted by molar-refractivity contribution is 6.42. The predicted octanol–water partition coefficient (Wildman–Crippen LogP) is 3.78. The quantitative estimate of drug-likeness (QED) is 0.860. The minimum atomic E-state index is -0.773. The number of hydrogen-bond donors (Lipinski definition) is 2. The molecule has 4 nitrogen and oxygen atoms in total. The van der Waals surface area contributed by atoms with E-state index in [4.69, 9.17) is 33.7 Å². The highest BCUT2D eigenvalue weighted by atomic mass is 35.5. The number of nitrogens with two attached hydrogens (primary N) is 1. The first kappa shape index (κ1) is 17.0. The molecule has 1 aromatic carbocycles. The number of halogens is 2. The molecule has 3 unspecified atom stereocenters. The van der Waals surface area contributed by atoms with Crippen molar-refractivity contribution < 1.29 is 14.6 Å². The number of ether oxygens (including phenoxy) is 1. The number of hydrogen-bond acceptors (Lipinski definition) is 3. The van der Waals surface area contributed by atoms with Crippen molar-refractivity contribution in [3.05, 3.63) is 33.3 Å². The summed E-state index contributed by atoms with van der Waals surface area (Å²) in [5.41, 5.74) is 6.14. The number of rotatable bonds is 4. The van der Waals surface area contributed by atoms with E-state index in [9.17, 15) is 9.90 Å². The molecule has 0 saturated heterocycles. The van der Waals surface area contributed by atoms with Crippen LogP contribution in [0.15, 0.2) is 12.1 Å². The summed E-state index contributed by atoms with van der Waals surface area (Å²) in [4.78, 5) is 11.2. The molecule has 0 radical (unpaired) electrons. The van der Waals surface area contributed by atoms with Crippen molar-refractivity contribution in [3.63, 3.8) is 0 Å². The van der Waals surface area contributed by atoms with Crippen LogP contribution in [0.4, 0.5) is 0 Å². The fraction of sp³-hybridized carbons (Fsp3) is 0.588. The number of aliphatic hydroxyl groups excluding tert-OH is 1. The first-order valence-corrected chi connectivity index (χ1v) is 8.68. The predicted molar refractivity (Wildman–Crippen MR) is 89.4 cm³/mol. The van der Waals surface area contributed by atoms with Gasteiger partial charge >= 0.3 is 0 Å². The van der Waals surface area contributed by atoms with Crippen LogP contribution in [0, 0.1) is 11.3 Å². The molecule has 1 aromatic rings. The van der Waals surface area contributed by atoms with Crippen molar-refractivity contribution >= 4 is 29.1 Å². The van der Waals surface area contributed by atoms with Crippen LogP contribution in [0.1, 0.15) is 55.9 Å². The van der Waals surface area contributed by atoms with Gasteiger partial charge in [0.15, 0.2) is 0 Å². The summed E-state index contributed by atoms with van der Waals surface area (Å²) in [7, 11) is 0. The van der Waals surface area contributed by atoms with Gasteiger partial charge in [0.2, 0.25) is 5.91 Å². The Bertz CT molecular complexity index is 631. The van der Waals surface area contributed by atoms with Crippen LogP contribution in [0.25, 0.3) is 0 Å². The van der Waals surface area contributed by atoms with Gasteiger partial charge in [0.1, 0.15) is 6.61 Å². The maximum Gasteiger partial charge on any atom is 0.243 e. The molecular formula is C17H21Cl2NO3. The fourth-order valence-corrected chi connectivity index (χ4v) is 4.74. The SMILES string of the molecule is CC1(C2CCCC2)C(O)c2c(ccc(Cl)c2Cl)C1OCC(N)=O. The lowest BCUT2D eigenvalue weighted by atomic mass is 9.70. The Balaban J connectivity index is 2.07. The molecule has 3 rings (SSSR count). The molecule has 0 bridgehead atoms. The van der Waals surface area contributed by atoms with Crippen LogP contribution < -0.4 is 5.73 Å². The number of amides is 1. The van der Waals surface area contributed by atoms with Crippen LogP contribution in [-0.4, -0.2) is 17.6 Å². The van der Waals surface area contributed by atoms with Crippen LogP contribution in [0.2, 0.25) is 10.0 Å². The van der Waals surface area contributed by atoms with Gasteiger partial charge in [0, 0.05) is 11.0 Å². The molecule has 1 fully saturated rings. The van der Waals surface area contributed by atoms with Crippen molar-refractivity contribution in [2.75, 3.05) is 6.61 Å². The molecule has 1 amide bonds. The zero-order valence-corrected chi connectivity index (χ0v) is 14.5. The lowest BCUT2D eigenvalue weighted by molar-refractivity contribution is -0.137. The normalized spacial score (nSPS) is 30.6. The zero-order valence-electron chi connectivity index (χ0n) is 13.0. The van der Waals surface area contributed by atoms with E-state index in [2.05, 4.69) is 0 Å². The third-order valence-corrected chi connectivity index (χ3v) is 6.32. The minimum absolute atomic E-state index is 0.181. The maximum atomic E-state index is 11.2. The first-order valence-electron chi connectivity index (χ1n) is 7.93. The zero-order chi connectivity index (χ0) is 16.8. The second-order valence-corrected chi connectivity index (χ2v) is 7.56. The van der Waals surface area contributed by atoms with Crippen LogP contribution in [-0.2, 0) is 9.53 Å². The Labute approximate surface area is 145 Å². The second kappa shape index (κ2) is 6.25. The highest BCUT2D eigenvalue weighted by Gasteiger charge is 2.56. The van der Waals surface area contributed by atoms with E-state index in [1.807, 2.05) is 13.0 Å². The van der Waals surface area contributed by atoms with Gasteiger partial charge in [-0.2, -0.15) is 0 Å². The molecule has 6 heteroatoms. The van der Waals surface area contributed by atoms with E-state index in [1.165, 1.54) is 0 Å². The van der Waals surface area contributed by atoms with Crippen molar-refractivity contribution in [1.82, 2.24) is 0 Å². The number of benzene rings is 1. The maximum absolute atomic E-state index is 11.2. The second-order valence-electron chi connectivity index (χ2n) is 6.77. The van der Waals surface area contributed by atoms with E-state index in [1.54, 1.807) is 6.07 Å². The fourth-order valence-electron chi connectivity index (χ4n) is 4.30. The molecule has 23 heavy (non-hydrogen) atoms. The molecule has 3 atom stereocenters. The van der Waals surface area contributed by atoms with E-state index in [0.717, 1.165) is 31.2 Å². The standard InChI is InChI=1S/C17H21Cl2NO3/c1-17(9-4-2-3-5-9)15(22)13-10(6-7-11(18)14(13)19)16(17)23-8-12(20)21/h6-7,9,15-16,22H,2-5,8H2,1H3,(H2,20,21). The van der Waals surface area contributed by atoms with Gasteiger partial charge in [-0.05, 0) is 30.4 Å². The molecule has 3 N–H and O–H groups in total. The lowest BCUT2D eigenvalue weighted by Gasteiger charge is -2.40. The molecule has 126 valence electrons. The smallest absolute Gasteiger partial charge is 0.243 e. The molecule has 0 aliphatic heterocycles. The van der Waals surface area contributed by atoms with E-state index in [-0.39, 0.29) is 6.61 Å². The Morgan fingerprint density at radius 2 is 2.04 bits per heavy atom. The molecule has 1 saturated carbocycles. The van der Waals surface area contributed by atoms with E-state index in [0.29, 0.717) is 21.5 Å². The van der Waals surface area contributed by atoms with Crippen molar-refractivity contribution in [1.29, 1.82) is 0 Å². The average Bonchev–Trinajstić information content (AvgIpc) is 3.10. The third kappa shape index (κ3) is 2.66. The molecule has 2 aliphatic rings. The topological polar surface area (TPSA) is 72.6 Å². The van der Waals surface area contributed by atoms with Crippen molar-refractivity contribution in [3.8, 4) is 0 Å². The lowest BCUT2D eigenvalue weighted by Crippen LogP contribution is -2.36. The molecule has 2 aliphatic carbocycles. The van der Waals surface area contributed by atoms with Crippen LogP contribution in [0.5, 0.6) is 0 Å². The summed E-state index contributed by atoms with van der Waals surface area (Å²) >= 11 is 12.5. The van der Waals surface area contributed by atoms with E-state index >= 15 is 0 Å². The van der Waals surface area contributed by atoms with Crippen molar-refractivity contribution in [2.45, 2.75) is 44.8 Å². The number of fused-ring (bicyclic) bond motifs is 1. The average molecular weight is 358 g/mol. The Morgan fingerprint density at radius 1 is 1.39 bits per heavy atom. The van der Waals surface area contributed by atoms with Crippen LogP contribution >= 0.6 is 23.2 Å². The molecule has 0 spiro atoms. The largest absolute Gasteiger partial charge is 0.388 e. The van der Waals surface area contributed by atoms with E-state index < -0.39 is 23.5 Å².